The number of hydrogen-bond acceptors (Lipinski definition) is 3. The van der Waals surface area contributed by atoms with Crippen LogP contribution in [0, 0.1) is 27.7 Å². The molecular formula is C28H28N4NiS. The van der Waals surface area contributed by atoms with E-state index in [2.05, 4.69) is 73.6 Å². The van der Waals surface area contributed by atoms with Crippen LogP contribution in [0.5, 0.6) is 0 Å². The number of hydrogen-bond donors (Lipinski definition) is 0. The number of thiocarbonyl (C=S) groups is 1. The summed E-state index contributed by atoms with van der Waals surface area (Å²) in [5.41, 5.74) is 14.0. The Balaban J connectivity index is 0.00000274. The van der Waals surface area contributed by atoms with Gasteiger partial charge in [-0.15, -0.1) is 22.1 Å². The first-order chi connectivity index (χ1) is 15.5. The van der Waals surface area contributed by atoms with E-state index in [1.54, 1.807) is 0 Å². The SMILES string of the molecule is CC1=C(C)c2cc3[n-]c(cc4nc(cc5[n-]c(cc1n2)c(C)c5C)C(=S)C4(C)C)c(C)c3C.[Ni+2]. The molecule has 0 spiro atoms. The molecular weight excluding hydrogens is 483 g/mol. The summed E-state index contributed by atoms with van der Waals surface area (Å²) in [7, 11) is 0. The van der Waals surface area contributed by atoms with E-state index in [-0.39, 0.29) is 21.9 Å². The average molecular weight is 511 g/mol. The number of allylic oxidation sites excluding steroid dienone is 2. The molecule has 0 aliphatic carbocycles. The van der Waals surface area contributed by atoms with Gasteiger partial charge in [-0.25, -0.2) is 4.98 Å². The van der Waals surface area contributed by atoms with E-state index in [0.717, 1.165) is 66.4 Å². The van der Waals surface area contributed by atoms with Crippen molar-refractivity contribution >= 4 is 50.3 Å². The quantitative estimate of drug-likeness (QED) is 0.257. The number of fused-ring (bicyclic) bond motifs is 8. The smallest absolute Gasteiger partial charge is 0.657 e. The molecule has 2 aliphatic rings. The van der Waals surface area contributed by atoms with Crippen molar-refractivity contribution < 1.29 is 16.5 Å². The van der Waals surface area contributed by atoms with Gasteiger partial charge in [-0.05, 0) is 72.6 Å². The van der Waals surface area contributed by atoms with Gasteiger partial charge >= 0.3 is 16.5 Å². The normalized spacial score (nSPS) is 15.0. The second-order valence-corrected chi connectivity index (χ2v) is 10.2. The van der Waals surface area contributed by atoms with Gasteiger partial charge in [0.15, 0.2) is 0 Å². The summed E-state index contributed by atoms with van der Waals surface area (Å²) < 4.78 is 0. The van der Waals surface area contributed by atoms with E-state index < -0.39 is 0 Å². The van der Waals surface area contributed by atoms with Gasteiger partial charge in [0, 0.05) is 5.41 Å². The fraction of sp³-hybridized carbons (Fsp3) is 0.321. The fourth-order valence-corrected chi connectivity index (χ4v) is 4.68. The van der Waals surface area contributed by atoms with Crippen molar-refractivity contribution in [3.63, 3.8) is 0 Å². The maximum absolute atomic E-state index is 5.88. The second-order valence-electron chi connectivity index (χ2n) is 9.81. The van der Waals surface area contributed by atoms with E-state index in [0.29, 0.717) is 0 Å². The number of aromatic nitrogens is 4. The Morgan fingerprint density at radius 3 is 1.44 bits per heavy atom. The topological polar surface area (TPSA) is 54.0 Å². The molecule has 8 bridgehead atoms. The molecule has 0 unspecified atom stereocenters. The van der Waals surface area contributed by atoms with Crippen molar-refractivity contribution in [2.75, 3.05) is 0 Å². The molecule has 3 aromatic rings. The van der Waals surface area contributed by atoms with Gasteiger partial charge in [-0.1, -0.05) is 52.7 Å². The first-order valence-electron chi connectivity index (χ1n) is 11.3. The monoisotopic (exact) mass is 510 g/mol. The third-order valence-corrected chi connectivity index (χ3v) is 8.21. The Kier molecular flexibility index (Phi) is 5.99. The zero-order chi connectivity index (χ0) is 23.8. The maximum Gasteiger partial charge on any atom is 2.00 e. The molecule has 0 atom stereocenters. The number of aryl methyl sites for hydroxylation is 4. The zero-order valence-electron chi connectivity index (χ0n) is 20.8. The average Bonchev–Trinajstić information content (AvgIpc) is 3.36. The Morgan fingerprint density at radius 2 is 1.00 bits per heavy atom. The molecule has 0 saturated heterocycles. The third kappa shape index (κ3) is 3.59. The summed E-state index contributed by atoms with van der Waals surface area (Å²) in [6.45, 7) is 17.0. The van der Waals surface area contributed by atoms with E-state index in [1.807, 2.05) is 6.07 Å². The molecule has 4 nitrogen and oxygen atoms in total. The van der Waals surface area contributed by atoms with Gasteiger partial charge in [0.25, 0.3) is 0 Å². The molecule has 6 heteroatoms. The third-order valence-electron chi connectivity index (χ3n) is 7.49. The van der Waals surface area contributed by atoms with Crippen molar-refractivity contribution in [2.45, 2.75) is 60.8 Å². The van der Waals surface area contributed by atoms with Crippen molar-refractivity contribution in [1.82, 2.24) is 19.9 Å². The number of nitrogens with zero attached hydrogens (tertiary/aromatic N) is 4. The molecule has 34 heavy (non-hydrogen) atoms. The molecule has 5 rings (SSSR count). The van der Waals surface area contributed by atoms with E-state index in [1.165, 1.54) is 16.7 Å². The summed E-state index contributed by atoms with van der Waals surface area (Å²) in [5.74, 6) is 0. The van der Waals surface area contributed by atoms with Crippen LogP contribution in [0.15, 0.2) is 24.3 Å². The minimum atomic E-state index is -0.349. The predicted octanol–water partition coefficient (Wildman–Crippen LogP) is 6.45. The Morgan fingerprint density at radius 1 is 0.618 bits per heavy atom. The van der Waals surface area contributed by atoms with Crippen LogP contribution < -0.4 is 9.97 Å². The zero-order valence-corrected chi connectivity index (χ0v) is 22.6. The molecule has 0 fully saturated rings. The van der Waals surface area contributed by atoms with Crippen LogP contribution in [-0.2, 0) is 21.9 Å². The van der Waals surface area contributed by atoms with Crippen LogP contribution in [0.4, 0.5) is 0 Å². The first-order valence-corrected chi connectivity index (χ1v) is 11.7. The van der Waals surface area contributed by atoms with Crippen molar-refractivity contribution in [3.8, 4) is 0 Å². The van der Waals surface area contributed by atoms with Crippen LogP contribution in [0.25, 0.3) is 33.2 Å². The maximum atomic E-state index is 5.88. The van der Waals surface area contributed by atoms with Gasteiger partial charge in [-0.2, -0.15) is 0 Å². The Hall–Kier alpha value is -2.56. The van der Waals surface area contributed by atoms with Crippen LogP contribution >= 0.6 is 12.2 Å². The molecule has 176 valence electrons. The summed E-state index contributed by atoms with van der Waals surface area (Å²) in [4.78, 5) is 20.7. The Labute approximate surface area is 216 Å². The van der Waals surface area contributed by atoms with E-state index in [9.17, 15) is 0 Å². The van der Waals surface area contributed by atoms with Gasteiger partial charge in [0.05, 0.1) is 27.6 Å². The molecule has 0 saturated carbocycles. The van der Waals surface area contributed by atoms with Gasteiger partial charge < -0.3 is 9.97 Å². The standard InChI is InChI=1S/C28H29N4S.Ni/c1-13-14(2)20-10-22-17(5)18(6)24(31-22)12-26-28(7,8)27(33)25(32-26)11-23-16(4)15(3)21(30-23)9-19(13)29-20;/h9-12H,1-8H3,(H-,29,30,31,32,33);/q-1;+2/p-1. The molecule has 2 aliphatic heterocycles. The van der Waals surface area contributed by atoms with Gasteiger partial charge in [-0.3, -0.25) is 4.98 Å². The molecule has 0 N–H and O–H groups in total. The molecule has 0 amide bonds. The van der Waals surface area contributed by atoms with Gasteiger partial charge in [0.2, 0.25) is 0 Å². The van der Waals surface area contributed by atoms with E-state index in [4.69, 9.17) is 32.2 Å². The second kappa shape index (κ2) is 8.28. The fourth-order valence-electron chi connectivity index (χ4n) is 4.47. The van der Waals surface area contributed by atoms with E-state index >= 15 is 0 Å². The minimum Gasteiger partial charge on any atom is -0.657 e. The predicted molar refractivity (Wildman–Crippen MR) is 141 cm³/mol. The van der Waals surface area contributed by atoms with Gasteiger partial charge in [0.1, 0.15) is 0 Å². The molecule has 0 radical (unpaired) electrons. The molecule has 5 heterocycles. The summed E-state index contributed by atoms with van der Waals surface area (Å²) >= 11 is 5.88. The van der Waals surface area contributed by atoms with Crippen LogP contribution in [0.3, 0.4) is 0 Å². The molecule has 3 aromatic heterocycles. The Bertz CT molecular complexity index is 1570. The van der Waals surface area contributed by atoms with Crippen LogP contribution in [0.1, 0.15) is 72.7 Å². The first kappa shape index (κ1) is 24.6. The minimum absolute atomic E-state index is 0. The number of rotatable bonds is 0. The van der Waals surface area contributed by atoms with Crippen molar-refractivity contribution in [3.05, 3.63) is 69.3 Å². The van der Waals surface area contributed by atoms with Crippen LogP contribution in [-0.4, -0.2) is 14.8 Å². The molecule has 0 aromatic carbocycles. The summed E-state index contributed by atoms with van der Waals surface area (Å²) in [6, 6.07) is 8.33. The van der Waals surface area contributed by atoms with Crippen molar-refractivity contribution in [2.24, 2.45) is 0 Å². The van der Waals surface area contributed by atoms with Crippen molar-refractivity contribution in [1.29, 1.82) is 0 Å². The largest absolute Gasteiger partial charge is 2.00 e. The summed E-state index contributed by atoms with van der Waals surface area (Å²) in [6.07, 6.45) is 0. The summed E-state index contributed by atoms with van der Waals surface area (Å²) in [5, 5.41) is 0. The van der Waals surface area contributed by atoms with Crippen LogP contribution in [0.2, 0.25) is 0 Å².